The van der Waals surface area contributed by atoms with Crippen LogP contribution in [0.4, 0.5) is 0 Å². The first-order valence-corrected chi connectivity index (χ1v) is 24.3. The van der Waals surface area contributed by atoms with Crippen molar-refractivity contribution in [1.82, 2.24) is 9.13 Å². The predicted molar refractivity (Wildman–Crippen MR) is 284 cm³/mol. The topological polar surface area (TPSA) is 9.86 Å². The molecular formula is C64H54N2. The Morgan fingerprint density at radius 1 is 0.394 bits per heavy atom. The Labute approximate surface area is 388 Å². The Hall–Kier alpha value is -7.42. The number of aryl methyl sites for hydroxylation is 2. The maximum absolute atomic E-state index is 2.47. The third-order valence-corrected chi connectivity index (χ3v) is 14.3. The normalized spacial score (nSPS) is 12.6. The maximum Gasteiger partial charge on any atom is 0.0541 e. The number of allylic oxidation sites excluding steroid dienone is 1. The van der Waals surface area contributed by atoms with Gasteiger partial charge in [-0.25, -0.2) is 0 Å². The van der Waals surface area contributed by atoms with Gasteiger partial charge in [-0.2, -0.15) is 0 Å². The average molecular weight is 851 g/mol. The summed E-state index contributed by atoms with van der Waals surface area (Å²) in [4.78, 5) is 0. The van der Waals surface area contributed by atoms with Crippen molar-refractivity contribution in [2.45, 2.75) is 65.2 Å². The molecule has 9 aromatic carbocycles. The van der Waals surface area contributed by atoms with Gasteiger partial charge in [-0.1, -0.05) is 154 Å². The molecule has 0 atom stereocenters. The van der Waals surface area contributed by atoms with E-state index in [-0.39, 0.29) is 0 Å². The van der Waals surface area contributed by atoms with E-state index in [1.807, 2.05) is 0 Å². The molecule has 320 valence electrons. The molecule has 2 aromatic heterocycles. The molecule has 0 radical (unpaired) electrons. The summed E-state index contributed by atoms with van der Waals surface area (Å²) in [5, 5.41) is 7.87. The van der Waals surface area contributed by atoms with E-state index in [1.165, 1.54) is 141 Å². The van der Waals surface area contributed by atoms with Crippen LogP contribution in [0.2, 0.25) is 0 Å². The van der Waals surface area contributed by atoms with Crippen LogP contribution < -0.4 is 0 Å². The van der Waals surface area contributed by atoms with Gasteiger partial charge in [0.05, 0.1) is 22.1 Å². The summed E-state index contributed by atoms with van der Waals surface area (Å²) in [6.45, 7) is 4.56. The van der Waals surface area contributed by atoms with E-state index in [1.54, 1.807) is 0 Å². The smallest absolute Gasteiger partial charge is 0.0541 e. The summed E-state index contributed by atoms with van der Waals surface area (Å²) in [5.41, 5.74) is 20.7. The Balaban J connectivity index is 0.918. The van der Waals surface area contributed by atoms with Crippen LogP contribution in [-0.2, 0) is 19.3 Å². The molecule has 0 fully saturated rings. The van der Waals surface area contributed by atoms with Crippen molar-refractivity contribution in [1.29, 1.82) is 0 Å². The van der Waals surface area contributed by atoms with Crippen LogP contribution in [0, 0.1) is 0 Å². The SMILES string of the molecule is CCCCc1ccc2c(c1)c1cc(CCCC)ccc1n2-c1ccc(-c2ccc3c(c2)c2ccccc2n3-c2ccc(-c3c4c(c(-c5ccccc5)c5ccccc35)CCC=C4)cc2)cc1. The average Bonchev–Trinajstić information content (AvgIpc) is 3.88. The number of nitrogens with zero attached hydrogens (tertiary/aromatic N) is 2. The second-order valence-electron chi connectivity index (χ2n) is 18.4. The Morgan fingerprint density at radius 2 is 0.879 bits per heavy atom. The summed E-state index contributed by atoms with van der Waals surface area (Å²) in [7, 11) is 0. The highest BCUT2D eigenvalue weighted by Gasteiger charge is 2.22. The number of fused-ring (bicyclic) bond motifs is 8. The number of aromatic nitrogens is 2. The van der Waals surface area contributed by atoms with Crippen molar-refractivity contribution in [3.8, 4) is 44.8 Å². The van der Waals surface area contributed by atoms with E-state index in [0.717, 1.165) is 31.4 Å². The lowest BCUT2D eigenvalue weighted by molar-refractivity contribution is 0.795. The third-order valence-electron chi connectivity index (χ3n) is 14.3. The van der Waals surface area contributed by atoms with Crippen LogP contribution in [0.15, 0.2) is 188 Å². The maximum atomic E-state index is 2.47. The van der Waals surface area contributed by atoms with Gasteiger partial charge in [0.1, 0.15) is 0 Å². The molecule has 2 nitrogen and oxygen atoms in total. The van der Waals surface area contributed by atoms with Crippen molar-refractivity contribution in [3.05, 3.63) is 210 Å². The van der Waals surface area contributed by atoms with Gasteiger partial charge >= 0.3 is 0 Å². The standard InChI is InChI=1S/C64H54N2/c1-3-5-16-43-26-37-60-56(40-43)57-41-44(17-6-4-2)27-38-61(57)66(60)49-33-28-45(29-34-49)48-32-39-62-58(42-48)51-20-14-15-25-59(51)65(62)50-35-30-47(31-36-50)64-54-23-12-10-21-52(54)63(46-18-8-7-9-19-46)53-22-11-13-24-55(53)64/h7-10,12-15,18-21,23-42H,3-6,11,16-17,22H2,1-2H3. The van der Waals surface area contributed by atoms with Crippen LogP contribution in [-0.4, -0.2) is 9.13 Å². The van der Waals surface area contributed by atoms with Gasteiger partial charge in [-0.3, -0.25) is 0 Å². The van der Waals surface area contributed by atoms with E-state index in [9.17, 15) is 0 Å². The lowest BCUT2D eigenvalue weighted by atomic mass is 9.80. The monoisotopic (exact) mass is 850 g/mol. The fraction of sp³-hybridized carbons (Fsp3) is 0.156. The first-order chi connectivity index (χ1) is 32.7. The van der Waals surface area contributed by atoms with E-state index in [2.05, 4.69) is 217 Å². The van der Waals surface area contributed by atoms with Gasteiger partial charge in [0.2, 0.25) is 0 Å². The van der Waals surface area contributed by atoms with Crippen molar-refractivity contribution in [2.75, 3.05) is 0 Å². The minimum atomic E-state index is 1.04. The van der Waals surface area contributed by atoms with Crippen molar-refractivity contribution < 1.29 is 0 Å². The lowest BCUT2D eigenvalue weighted by Gasteiger charge is -2.24. The highest BCUT2D eigenvalue weighted by molar-refractivity contribution is 6.12. The first kappa shape index (κ1) is 40.1. The van der Waals surface area contributed by atoms with Gasteiger partial charge in [0.25, 0.3) is 0 Å². The fourth-order valence-electron chi connectivity index (χ4n) is 11.1. The molecule has 66 heavy (non-hydrogen) atoms. The van der Waals surface area contributed by atoms with Gasteiger partial charge in [-0.05, 0) is 172 Å². The molecule has 0 unspecified atom stereocenters. The van der Waals surface area contributed by atoms with Crippen molar-refractivity contribution >= 4 is 60.5 Å². The summed E-state index contributed by atoms with van der Waals surface area (Å²) in [6.07, 6.45) is 13.9. The minimum Gasteiger partial charge on any atom is -0.309 e. The molecule has 1 aliphatic carbocycles. The Kier molecular flexibility index (Phi) is 10.2. The summed E-state index contributed by atoms with van der Waals surface area (Å²) in [5.74, 6) is 0. The Morgan fingerprint density at radius 3 is 1.50 bits per heavy atom. The number of benzene rings is 9. The number of hydrogen-bond donors (Lipinski definition) is 0. The lowest BCUT2D eigenvalue weighted by Crippen LogP contribution is -2.02. The van der Waals surface area contributed by atoms with Crippen LogP contribution in [0.5, 0.6) is 0 Å². The van der Waals surface area contributed by atoms with Crippen LogP contribution in [0.25, 0.3) is 105 Å². The van der Waals surface area contributed by atoms with Crippen LogP contribution in [0.3, 0.4) is 0 Å². The summed E-state index contributed by atoms with van der Waals surface area (Å²) in [6, 6.07) is 68.7. The summed E-state index contributed by atoms with van der Waals surface area (Å²) < 4.78 is 4.91. The molecule has 0 N–H and O–H groups in total. The highest BCUT2D eigenvalue weighted by Crippen LogP contribution is 2.45. The zero-order valence-electron chi connectivity index (χ0n) is 38.0. The van der Waals surface area contributed by atoms with Gasteiger partial charge in [0.15, 0.2) is 0 Å². The minimum absolute atomic E-state index is 1.04. The second-order valence-corrected chi connectivity index (χ2v) is 18.4. The number of rotatable bonds is 11. The summed E-state index contributed by atoms with van der Waals surface area (Å²) >= 11 is 0. The van der Waals surface area contributed by atoms with E-state index in [4.69, 9.17) is 0 Å². The molecule has 0 spiro atoms. The predicted octanol–water partition coefficient (Wildman–Crippen LogP) is 17.7. The number of hydrogen-bond acceptors (Lipinski definition) is 0. The zero-order valence-corrected chi connectivity index (χ0v) is 38.0. The van der Waals surface area contributed by atoms with E-state index >= 15 is 0 Å². The van der Waals surface area contributed by atoms with Gasteiger partial charge in [0, 0.05) is 32.9 Å². The highest BCUT2D eigenvalue weighted by atomic mass is 15.0. The fourth-order valence-corrected chi connectivity index (χ4v) is 11.1. The largest absolute Gasteiger partial charge is 0.309 e. The number of para-hydroxylation sites is 1. The molecule has 2 heterocycles. The molecule has 11 aromatic rings. The van der Waals surface area contributed by atoms with Crippen LogP contribution >= 0.6 is 0 Å². The first-order valence-electron chi connectivity index (χ1n) is 24.3. The van der Waals surface area contributed by atoms with E-state index < -0.39 is 0 Å². The third kappa shape index (κ3) is 6.78. The molecule has 1 aliphatic rings. The molecule has 2 heteroatoms. The van der Waals surface area contributed by atoms with Crippen molar-refractivity contribution in [3.63, 3.8) is 0 Å². The quantitative estimate of drug-likeness (QED) is 0.123. The van der Waals surface area contributed by atoms with Gasteiger partial charge in [-0.15, -0.1) is 0 Å². The molecular weight excluding hydrogens is 797 g/mol. The van der Waals surface area contributed by atoms with E-state index in [0.29, 0.717) is 0 Å². The molecule has 12 rings (SSSR count). The molecule has 0 amide bonds. The molecule has 0 saturated heterocycles. The van der Waals surface area contributed by atoms with Gasteiger partial charge < -0.3 is 9.13 Å². The number of unbranched alkanes of at least 4 members (excludes halogenated alkanes) is 2. The Bertz CT molecular complexity index is 3570. The van der Waals surface area contributed by atoms with Crippen molar-refractivity contribution in [2.24, 2.45) is 0 Å². The molecule has 0 bridgehead atoms. The molecule has 0 saturated carbocycles. The molecule has 0 aliphatic heterocycles. The zero-order chi connectivity index (χ0) is 44.1. The van der Waals surface area contributed by atoms with Crippen LogP contribution in [0.1, 0.15) is 68.2 Å². The second kappa shape index (κ2) is 16.9.